The Balaban J connectivity index is 0.000000139. The Bertz CT molecular complexity index is 321. The highest BCUT2D eigenvalue weighted by atomic mass is 19.4. The van der Waals surface area contributed by atoms with Gasteiger partial charge in [-0.25, -0.2) is 4.79 Å². The minimum atomic E-state index is -5.08. The molecule has 0 unspecified atom stereocenters. The number of alkyl halides is 3. The van der Waals surface area contributed by atoms with Crippen LogP contribution in [-0.2, 0) is 4.79 Å². The topological polar surface area (TPSA) is 49.3 Å². The van der Waals surface area contributed by atoms with Crippen molar-refractivity contribution in [2.75, 3.05) is 13.1 Å². The van der Waals surface area contributed by atoms with E-state index in [-0.39, 0.29) is 5.89 Å². The molecule has 4 fully saturated rings. The van der Waals surface area contributed by atoms with Crippen molar-refractivity contribution in [3.8, 4) is 0 Å². The van der Waals surface area contributed by atoms with Crippen LogP contribution in [0.5, 0.6) is 0 Å². The van der Waals surface area contributed by atoms with Crippen LogP contribution in [0, 0.1) is 17.2 Å². The SMILES string of the molecule is O=C(O)C(F)(F)F.[2H]C12CC(C3CNC3)(C1)C2. The van der Waals surface area contributed by atoms with Crippen LogP contribution in [0.15, 0.2) is 0 Å². The average molecular weight is 238 g/mol. The van der Waals surface area contributed by atoms with E-state index in [0.29, 0.717) is 5.41 Å². The molecule has 0 spiro atoms. The Hall–Kier alpha value is -0.780. The maximum atomic E-state index is 10.6. The van der Waals surface area contributed by atoms with Gasteiger partial charge >= 0.3 is 12.1 Å². The molecule has 6 heteroatoms. The van der Waals surface area contributed by atoms with E-state index in [4.69, 9.17) is 11.3 Å². The molecule has 0 aromatic carbocycles. The van der Waals surface area contributed by atoms with Gasteiger partial charge in [0.05, 0.1) is 0 Å². The van der Waals surface area contributed by atoms with Crippen molar-refractivity contribution in [1.82, 2.24) is 5.32 Å². The van der Waals surface area contributed by atoms with E-state index in [9.17, 15) is 13.2 Å². The van der Waals surface area contributed by atoms with Crippen molar-refractivity contribution in [3.63, 3.8) is 0 Å². The lowest BCUT2D eigenvalue weighted by molar-refractivity contribution is -0.192. The van der Waals surface area contributed by atoms with Gasteiger partial charge in [-0.3, -0.25) is 0 Å². The van der Waals surface area contributed by atoms with Crippen molar-refractivity contribution in [3.05, 3.63) is 0 Å². The molecule has 3 aliphatic carbocycles. The molecule has 0 atom stereocenters. The maximum Gasteiger partial charge on any atom is 0.490 e. The van der Waals surface area contributed by atoms with Crippen molar-refractivity contribution < 1.29 is 24.4 Å². The number of nitrogens with one attached hydrogen (secondary N) is 1. The second kappa shape index (κ2) is 3.61. The van der Waals surface area contributed by atoms with Gasteiger partial charge < -0.3 is 10.4 Å². The molecule has 2 N–H and O–H groups in total. The summed E-state index contributed by atoms with van der Waals surface area (Å²) in [7, 11) is 0. The Labute approximate surface area is 92.4 Å². The van der Waals surface area contributed by atoms with Gasteiger partial charge in [-0.15, -0.1) is 0 Å². The Morgan fingerprint density at radius 1 is 1.38 bits per heavy atom. The van der Waals surface area contributed by atoms with Crippen molar-refractivity contribution in [1.29, 1.82) is 0 Å². The third-order valence-electron chi connectivity index (χ3n) is 3.70. The van der Waals surface area contributed by atoms with E-state index in [1.807, 2.05) is 0 Å². The predicted molar refractivity (Wildman–Crippen MR) is 49.8 cm³/mol. The Morgan fingerprint density at radius 2 is 1.81 bits per heavy atom. The molecular formula is C10H14F3NO2. The third kappa shape index (κ3) is 1.90. The van der Waals surface area contributed by atoms with Crippen LogP contribution in [0.3, 0.4) is 0 Å². The molecule has 0 aromatic heterocycles. The lowest BCUT2D eigenvalue weighted by atomic mass is 9.39. The monoisotopic (exact) mass is 238 g/mol. The lowest BCUT2D eigenvalue weighted by Crippen LogP contribution is -2.64. The van der Waals surface area contributed by atoms with Gasteiger partial charge in [0.2, 0.25) is 0 Å². The molecule has 0 amide bonds. The number of carboxylic acids is 1. The Kier molecular flexibility index (Phi) is 2.34. The first-order chi connectivity index (χ1) is 7.67. The van der Waals surface area contributed by atoms with Crippen molar-refractivity contribution in [2.45, 2.75) is 25.4 Å². The van der Waals surface area contributed by atoms with Crippen molar-refractivity contribution >= 4 is 5.97 Å². The van der Waals surface area contributed by atoms with Gasteiger partial charge in [-0.05, 0) is 49.6 Å². The predicted octanol–water partition coefficient (Wildman–Crippen LogP) is 1.64. The quantitative estimate of drug-likeness (QED) is 0.730. The number of carbonyl (C=O) groups is 1. The average Bonchev–Trinajstić information content (AvgIpc) is 1.95. The highest BCUT2D eigenvalue weighted by Gasteiger charge is 2.61. The van der Waals surface area contributed by atoms with E-state index in [0.717, 1.165) is 5.92 Å². The fourth-order valence-corrected chi connectivity index (χ4v) is 2.49. The van der Waals surface area contributed by atoms with Gasteiger partial charge in [-0.2, -0.15) is 13.2 Å². The smallest absolute Gasteiger partial charge is 0.475 e. The van der Waals surface area contributed by atoms with Gasteiger partial charge in [0.1, 0.15) is 0 Å². The number of hydrogen-bond acceptors (Lipinski definition) is 2. The van der Waals surface area contributed by atoms with Crippen LogP contribution in [0.2, 0.25) is 0 Å². The van der Waals surface area contributed by atoms with E-state index >= 15 is 0 Å². The molecule has 1 heterocycles. The zero-order valence-electron chi connectivity index (χ0n) is 9.60. The molecule has 1 saturated heterocycles. The van der Waals surface area contributed by atoms with E-state index < -0.39 is 12.1 Å². The zero-order chi connectivity index (χ0) is 12.9. The van der Waals surface area contributed by atoms with Gasteiger partial charge in [0, 0.05) is 1.37 Å². The molecule has 3 nitrogen and oxygen atoms in total. The summed E-state index contributed by atoms with van der Waals surface area (Å²) in [4.78, 5) is 8.90. The van der Waals surface area contributed by atoms with Crippen molar-refractivity contribution in [2.24, 2.45) is 17.2 Å². The van der Waals surface area contributed by atoms with Crippen LogP contribution >= 0.6 is 0 Å². The maximum absolute atomic E-state index is 10.6. The van der Waals surface area contributed by atoms with Gasteiger partial charge in [0.25, 0.3) is 0 Å². The Morgan fingerprint density at radius 3 is 2.00 bits per heavy atom. The lowest BCUT2D eigenvalue weighted by Gasteiger charge is -2.67. The van der Waals surface area contributed by atoms with Crippen LogP contribution in [-0.4, -0.2) is 30.3 Å². The zero-order valence-corrected chi connectivity index (χ0v) is 8.60. The molecule has 1 aliphatic heterocycles. The standard InChI is InChI=1S/C8H13N.C2HF3O2/c1-6-2-8(1,3-6)7-4-9-5-7;3-2(4,5)1(6)7/h6-7,9H,1-5H2;(H,6,7)/i6D;. The highest BCUT2D eigenvalue weighted by molar-refractivity contribution is 5.73. The van der Waals surface area contributed by atoms with E-state index in [1.54, 1.807) is 0 Å². The molecule has 16 heavy (non-hydrogen) atoms. The summed E-state index contributed by atoms with van der Waals surface area (Å²) in [6.07, 6.45) is -1.44. The number of rotatable bonds is 1. The van der Waals surface area contributed by atoms with Crippen LogP contribution in [0.1, 0.15) is 20.6 Å². The number of carboxylic acid groups (broad SMARTS) is 1. The van der Waals surface area contributed by atoms with Crippen LogP contribution < -0.4 is 5.32 Å². The fourth-order valence-electron chi connectivity index (χ4n) is 2.49. The molecule has 3 saturated carbocycles. The van der Waals surface area contributed by atoms with E-state index in [1.165, 1.54) is 32.4 Å². The summed E-state index contributed by atoms with van der Waals surface area (Å²) in [6, 6.07) is 0. The van der Waals surface area contributed by atoms with Crippen LogP contribution in [0.4, 0.5) is 13.2 Å². The minimum Gasteiger partial charge on any atom is -0.475 e. The first-order valence-corrected chi connectivity index (χ1v) is 5.18. The molecule has 2 bridgehead atoms. The molecule has 0 aromatic rings. The van der Waals surface area contributed by atoms with E-state index in [2.05, 4.69) is 5.32 Å². The summed E-state index contributed by atoms with van der Waals surface area (Å²) in [5.74, 6) is -1.75. The van der Waals surface area contributed by atoms with Crippen LogP contribution in [0.25, 0.3) is 0 Å². The number of aliphatic carboxylic acids is 1. The molecule has 4 rings (SSSR count). The number of hydrogen-bond donors (Lipinski definition) is 2. The minimum absolute atomic E-state index is 0.0651. The first kappa shape index (κ1) is 10.4. The summed E-state index contributed by atoms with van der Waals surface area (Å²) < 4.78 is 39.5. The first-order valence-electron chi connectivity index (χ1n) is 5.68. The fraction of sp³-hybridized carbons (Fsp3) is 0.900. The third-order valence-corrected chi connectivity index (χ3v) is 3.70. The highest BCUT2D eigenvalue weighted by Crippen LogP contribution is 2.68. The molecule has 4 aliphatic rings. The van der Waals surface area contributed by atoms with Gasteiger partial charge in [0.15, 0.2) is 0 Å². The molecular weight excluding hydrogens is 223 g/mol. The molecule has 0 radical (unpaired) electrons. The summed E-state index contributed by atoms with van der Waals surface area (Å²) in [5.41, 5.74) is 0.674. The summed E-state index contributed by atoms with van der Waals surface area (Å²) in [5, 5.41) is 10.4. The summed E-state index contributed by atoms with van der Waals surface area (Å²) in [6.45, 7) is 2.46. The normalized spacial score (nSPS) is 41.6. The largest absolute Gasteiger partial charge is 0.490 e. The second-order valence-corrected chi connectivity index (χ2v) is 4.80. The number of halogens is 3. The van der Waals surface area contributed by atoms with Gasteiger partial charge in [-0.1, -0.05) is 0 Å². The second-order valence-electron chi connectivity index (χ2n) is 4.80. The molecule has 92 valence electrons. The summed E-state index contributed by atoms with van der Waals surface area (Å²) >= 11 is 0.